The highest BCUT2D eigenvalue weighted by Crippen LogP contribution is 2.48. The normalized spacial score (nSPS) is 12.8. The highest BCUT2D eigenvalue weighted by Gasteiger charge is 2.38. The molecule has 0 saturated heterocycles. The molecule has 5 nitrogen and oxygen atoms in total. The maximum atomic E-state index is 14.8. The molecule has 0 aromatic heterocycles. The Balaban J connectivity index is 1.65. The summed E-state index contributed by atoms with van der Waals surface area (Å²) in [5, 5.41) is 21.7. The summed E-state index contributed by atoms with van der Waals surface area (Å²) in [6.45, 7) is 9.45. The average Bonchev–Trinajstić information content (AvgIpc) is 2.94. The first-order chi connectivity index (χ1) is 18.9. The maximum Gasteiger partial charge on any atom is 0.230 e. The molecule has 0 amide bonds. The summed E-state index contributed by atoms with van der Waals surface area (Å²) >= 11 is 0. The van der Waals surface area contributed by atoms with Gasteiger partial charge < -0.3 is 19.5 Å². The molecule has 0 spiro atoms. The molecule has 4 aromatic rings. The predicted molar refractivity (Wildman–Crippen MR) is 161 cm³/mol. The van der Waals surface area contributed by atoms with Gasteiger partial charge in [0.05, 0.1) is 18.8 Å². The zero-order valence-corrected chi connectivity index (χ0v) is 24.6. The van der Waals surface area contributed by atoms with Crippen LogP contribution in [0, 0.1) is 20.8 Å². The van der Waals surface area contributed by atoms with Gasteiger partial charge in [-0.15, -0.1) is 0 Å². The van der Waals surface area contributed by atoms with Crippen LogP contribution in [0.5, 0.6) is 0 Å². The van der Waals surface area contributed by atoms with Crippen molar-refractivity contribution in [2.75, 3.05) is 0 Å². The van der Waals surface area contributed by atoms with Gasteiger partial charge in [0.2, 0.25) is 12.7 Å². The van der Waals surface area contributed by atoms with E-state index in [1.54, 1.807) is 44.2 Å². The van der Waals surface area contributed by atoms with Gasteiger partial charge in [0, 0.05) is 16.2 Å². The van der Waals surface area contributed by atoms with Crippen molar-refractivity contribution in [1.29, 1.82) is 0 Å². The van der Waals surface area contributed by atoms with E-state index in [0.29, 0.717) is 21.7 Å². The van der Waals surface area contributed by atoms with E-state index >= 15 is 0 Å². The van der Waals surface area contributed by atoms with Gasteiger partial charge in [0.1, 0.15) is 6.10 Å². The van der Waals surface area contributed by atoms with E-state index < -0.39 is 18.8 Å². The third kappa shape index (κ3) is 6.04. The van der Waals surface area contributed by atoms with Gasteiger partial charge in [-0.25, -0.2) is 0 Å². The number of hydrogen-bond donors (Lipinski definition) is 2. The minimum atomic E-state index is -3.65. The van der Waals surface area contributed by atoms with E-state index in [1.807, 2.05) is 81.4 Å². The molecule has 4 rings (SSSR count). The third-order valence-corrected chi connectivity index (χ3v) is 10.2. The molecule has 0 bridgehead atoms. The molecule has 2 N–H and O–H groups in total. The fourth-order valence-electron chi connectivity index (χ4n) is 5.13. The summed E-state index contributed by atoms with van der Waals surface area (Å²) in [6.07, 6.45) is -1.02. The van der Waals surface area contributed by atoms with E-state index in [4.69, 9.17) is 4.74 Å². The van der Waals surface area contributed by atoms with Crippen molar-refractivity contribution in [3.05, 3.63) is 130 Å². The number of carbonyl (C=O) groups excluding carboxylic acids is 1. The Bertz CT molecular complexity index is 1490. The van der Waals surface area contributed by atoms with Crippen LogP contribution in [0.3, 0.4) is 0 Å². The van der Waals surface area contributed by atoms with Gasteiger partial charge in [-0.3, -0.25) is 4.79 Å². The lowest BCUT2D eigenvalue weighted by molar-refractivity contribution is -0.0497. The molecule has 6 heteroatoms. The summed E-state index contributed by atoms with van der Waals surface area (Å²) in [7, 11) is -3.65. The molecule has 0 fully saturated rings. The molecule has 40 heavy (non-hydrogen) atoms. The maximum absolute atomic E-state index is 14.8. The van der Waals surface area contributed by atoms with Crippen LogP contribution in [-0.2, 0) is 22.5 Å². The molecule has 0 aliphatic rings. The van der Waals surface area contributed by atoms with Crippen molar-refractivity contribution in [2.24, 2.45) is 0 Å². The molecular weight excluding hydrogens is 519 g/mol. The van der Waals surface area contributed by atoms with Crippen LogP contribution in [0.15, 0.2) is 91.0 Å². The number of carbonyl (C=O) groups is 1. The zero-order valence-electron chi connectivity index (χ0n) is 23.7. The average molecular weight is 557 g/mol. The molecule has 0 aliphatic heterocycles. The zero-order chi connectivity index (χ0) is 29.1. The van der Waals surface area contributed by atoms with Crippen LogP contribution in [0.2, 0.25) is 0 Å². The predicted octanol–water partition coefficient (Wildman–Crippen LogP) is 6.29. The highest BCUT2D eigenvalue weighted by molar-refractivity contribution is 7.93. The number of ether oxygens (including phenoxy) is 1. The lowest BCUT2D eigenvalue weighted by atomic mass is 9.94. The largest absolute Gasteiger partial charge is 0.387 e. The number of benzene rings is 4. The van der Waals surface area contributed by atoms with E-state index in [-0.39, 0.29) is 18.7 Å². The number of aryl methyl sites for hydroxylation is 2. The first kappa shape index (κ1) is 29.6. The third-order valence-electron chi connectivity index (χ3n) is 7.32. The molecule has 4 aromatic carbocycles. The molecule has 0 aliphatic carbocycles. The molecule has 208 valence electrons. The minimum Gasteiger partial charge on any atom is -0.387 e. The lowest BCUT2D eigenvalue weighted by Crippen LogP contribution is -2.28. The number of hydrogen-bond acceptors (Lipinski definition) is 5. The Morgan fingerprint density at radius 3 is 1.95 bits per heavy atom. The van der Waals surface area contributed by atoms with Crippen LogP contribution in [0.4, 0.5) is 0 Å². The number of rotatable bonds is 10. The van der Waals surface area contributed by atoms with E-state index in [0.717, 1.165) is 27.8 Å². The first-order valence-corrected chi connectivity index (χ1v) is 15.1. The van der Waals surface area contributed by atoms with Crippen molar-refractivity contribution < 1.29 is 24.3 Å². The molecular formula is C34H37O5P. The monoisotopic (exact) mass is 556 g/mol. The highest BCUT2D eigenvalue weighted by atomic mass is 31.2. The van der Waals surface area contributed by atoms with Gasteiger partial charge in [-0.2, -0.15) is 0 Å². The fraction of sp³-hybridized carbons (Fsp3) is 0.265. The second kappa shape index (κ2) is 12.0. The smallest absolute Gasteiger partial charge is 0.230 e. The lowest BCUT2D eigenvalue weighted by Gasteiger charge is -2.25. The Morgan fingerprint density at radius 2 is 1.40 bits per heavy atom. The van der Waals surface area contributed by atoms with Gasteiger partial charge in [-0.05, 0) is 68.0 Å². The molecule has 0 heterocycles. The van der Waals surface area contributed by atoms with Gasteiger partial charge >= 0.3 is 0 Å². The fourth-order valence-corrected chi connectivity index (χ4v) is 7.74. The molecule has 1 atom stereocenters. The topological polar surface area (TPSA) is 83.8 Å². The first-order valence-electron chi connectivity index (χ1n) is 13.4. The summed E-state index contributed by atoms with van der Waals surface area (Å²) < 4.78 is 20.8. The van der Waals surface area contributed by atoms with E-state index in [1.165, 1.54) is 0 Å². The quantitative estimate of drug-likeness (QED) is 0.225. The SMILES string of the molecule is Cc1cc(C)c(C(=O)P(=O)(c2ccccc2)c2ccccc2)c(C)c1COCc1cccc(C(O)C(C)(C)O)c1. The summed E-state index contributed by atoms with van der Waals surface area (Å²) in [6, 6.07) is 27.3. The van der Waals surface area contributed by atoms with Crippen LogP contribution in [-0.4, -0.2) is 21.3 Å². The van der Waals surface area contributed by atoms with Crippen LogP contribution in [0.25, 0.3) is 0 Å². The van der Waals surface area contributed by atoms with Gasteiger partial charge in [-0.1, -0.05) is 91.0 Å². The molecule has 1 unspecified atom stereocenters. The van der Waals surface area contributed by atoms with E-state index in [9.17, 15) is 19.6 Å². The second-order valence-electron chi connectivity index (χ2n) is 10.9. The van der Waals surface area contributed by atoms with Gasteiger partial charge in [0.15, 0.2) is 0 Å². The summed E-state index contributed by atoms with van der Waals surface area (Å²) in [5.74, 6) is 0. The van der Waals surface area contributed by atoms with Crippen LogP contribution in [0.1, 0.15) is 63.7 Å². The Morgan fingerprint density at radius 1 is 0.825 bits per heavy atom. The number of aliphatic hydroxyl groups excluding tert-OH is 1. The van der Waals surface area contributed by atoms with Crippen molar-refractivity contribution in [3.63, 3.8) is 0 Å². The summed E-state index contributed by atoms with van der Waals surface area (Å²) in [4.78, 5) is 14.3. The van der Waals surface area contributed by atoms with Crippen LogP contribution >= 0.6 is 7.14 Å². The minimum absolute atomic E-state index is 0.261. The Hall–Kier alpha value is -3.34. The van der Waals surface area contributed by atoms with Crippen molar-refractivity contribution in [2.45, 2.75) is 59.5 Å². The Kier molecular flexibility index (Phi) is 8.92. The van der Waals surface area contributed by atoms with Crippen molar-refractivity contribution >= 4 is 23.3 Å². The van der Waals surface area contributed by atoms with Crippen LogP contribution < -0.4 is 10.6 Å². The van der Waals surface area contributed by atoms with E-state index in [2.05, 4.69) is 0 Å². The second-order valence-corrected chi connectivity index (χ2v) is 13.5. The molecule has 0 saturated carbocycles. The van der Waals surface area contributed by atoms with Gasteiger partial charge in [0.25, 0.3) is 0 Å². The summed E-state index contributed by atoms with van der Waals surface area (Å²) in [5.41, 5.74) is 3.72. The molecule has 0 radical (unpaired) electrons. The Labute approximate surface area is 236 Å². The van der Waals surface area contributed by atoms with Crippen molar-refractivity contribution in [1.82, 2.24) is 0 Å². The van der Waals surface area contributed by atoms with Crippen molar-refractivity contribution in [3.8, 4) is 0 Å². The number of aliphatic hydroxyl groups is 2. The standard InChI is InChI=1S/C34H37O5P/c1-23-19-24(2)31(33(36)40(38,28-15-8-6-9-16-28)29-17-10-7-11-18-29)25(3)30(23)22-39-21-26-13-12-14-27(20-26)32(35)34(4,5)37/h6-20,32,35,37H,21-22H2,1-5H3.